The van der Waals surface area contributed by atoms with Crippen LogP contribution in [0.1, 0.15) is 26.2 Å². The van der Waals surface area contributed by atoms with Crippen molar-refractivity contribution in [1.82, 2.24) is 5.32 Å². The van der Waals surface area contributed by atoms with Crippen molar-refractivity contribution in [1.29, 1.82) is 0 Å². The Bertz CT molecular complexity index is 412. The second-order valence-corrected chi connectivity index (χ2v) is 5.76. The van der Waals surface area contributed by atoms with Crippen molar-refractivity contribution in [2.75, 3.05) is 18.4 Å². The number of nitrogens with one attached hydrogen (secondary N) is 2. The lowest BCUT2D eigenvalue weighted by molar-refractivity contribution is -0.115. The maximum Gasteiger partial charge on any atom is 0.238 e. The summed E-state index contributed by atoms with van der Waals surface area (Å²) in [6, 6.07) is 7.13. The summed E-state index contributed by atoms with van der Waals surface area (Å²) in [5.41, 5.74) is 1.18. The van der Waals surface area contributed by atoms with E-state index in [-0.39, 0.29) is 5.91 Å². The van der Waals surface area contributed by atoms with Gasteiger partial charge in [-0.05, 0) is 42.5 Å². The lowest BCUT2D eigenvalue weighted by atomic mass is 9.70. The molecular weight excluding hydrogens is 248 g/mol. The molecule has 2 rings (SSSR count). The van der Waals surface area contributed by atoms with Gasteiger partial charge in [-0.1, -0.05) is 24.9 Å². The van der Waals surface area contributed by atoms with Gasteiger partial charge in [-0.2, -0.15) is 0 Å². The Balaban J connectivity index is 1.70. The minimum atomic E-state index is -0.0137. The summed E-state index contributed by atoms with van der Waals surface area (Å²) in [5.74, 6) is -0.0137. The molecule has 0 bridgehead atoms. The number of carbonyl (C=O) groups is 1. The van der Waals surface area contributed by atoms with E-state index >= 15 is 0 Å². The van der Waals surface area contributed by atoms with Crippen LogP contribution in [-0.2, 0) is 4.79 Å². The number of rotatable bonds is 5. The first-order valence-electron chi connectivity index (χ1n) is 6.34. The molecular formula is C14H19ClN2O. The van der Waals surface area contributed by atoms with Crippen LogP contribution >= 0.6 is 11.6 Å². The molecule has 0 heterocycles. The van der Waals surface area contributed by atoms with Gasteiger partial charge in [-0.3, -0.25) is 4.79 Å². The average Bonchev–Trinajstić information content (AvgIpc) is 2.30. The summed E-state index contributed by atoms with van der Waals surface area (Å²) < 4.78 is 0. The summed E-state index contributed by atoms with van der Waals surface area (Å²) in [4.78, 5) is 11.7. The van der Waals surface area contributed by atoms with Crippen LogP contribution in [0, 0.1) is 5.41 Å². The number of anilines is 1. The average molecular weight is 267 g/mol. The van der Waals surface area contributed by atoms with E-state index < -0.39 is 0 Å². The lowest BCUT2D eigenvalue weighted by Crippen LogP contribution is -2.40. The van der Waals surface area contributed by atoms with Crippen LogP contribution in [0.15, 0.2) is 24.3 Å². The van der Waals surface area contributed by atoms with Gasteiger partial charge in [-0.25, -0.2) is 0 Å². The number of carbonyl (C=O) groups excluding carboxylic acids is 1. The zero-order valence-corrected chi connectivity index (χ0v) is 11.4. The number of hydrogen-bond acceptors (Lipinski definition) is 2. The van der Waals surface area contributed by atoms with E-state index in [1.54, 1.807) is 24.3 Å². The normalized spacial score (nSPS) is 17.0. The quantitative estimate of drug-likeness (QED) is 0.860. The van der Waals surface area contributed by atoms with Crippen LogP contribution in [0.3, 0.4) is 0 Å². The largest absolute Gasteiger partial charge is 0.325 e. The first-order valence-corrected chi connectivity index (χ1v) is 6.71. The van der Waals surface area contributed by atoms with Crippen LogP contribution in [0.4, 0.5) is 5.69 Å². The van der Waals surface area contributed by atoms with Gasteiger partial charge < -0.3 is 10.6 Å². The maximum atomic E-state index is 11.7. The molecule has 1 saturated carbocycles. The minimum absolute atomic E-state index is 0.0137. The van der Waals surface area contributed by atoms with E-state index in [1.165, 1.54) is 19.3 Å². The standard InChI is InChI=1S/C14H19ClN2O/c1-14(7-2-8-14)10-16-9-13(18)17-12-5-3-11(15)4-6-12/h3-6,16H,2,7-10H2,1H3,(H,17,18). The molecule has 2 N–H and O–H groups in total. The number of benzene rings is 1. The predicted molar refractivity (Wildman–Crippen MR) is 74.9 cm³/mol. The molecule has 0 spiro atoms. The number of amides is 1. The Morgan fingerprint density at radius 1 is 1.33 bits per heavy atom. The predicted octanol–water partition coefficient (Wildman–Crippen LogP) is 3.06. The summed E-state index contributed by atoms with van der Waals surface area (Å²) in [5, 5.41) is 6.72. The molecule has 0 radical (unpaired) electrons. The monoisotopic (exact) mass is 266 g/mol. The SMILES string of the molecule is CC1(CNCC(=O)Nc2ccc(Cl)cc2)CCC1. The Hall–Kier alpha value is -1.06. The highest BCUT2D eigenvalue weighted by Crippen LogP contribution is 2.39. The Morgan fingerprint density at radius 2 is 2.00 bits per heavy atom. The molecule has 1 aliphatic rings. The van der Waals surface area contributed by atoms with Crippen LogP contribution in [-0.4, -0.2) is 19.0 Å². The summed E-state index contributed by atoms with van der Waals surface area (Å²) in [6.45, 7) is 3.54. The Morgan fingerprint density at radius 3 is 2.56 bits per heavy atom. The van der Waals surface area contributed by atoms with Crippen molar-refractivity contribution in [3.63, 3.8) is 0 Å². The number of hydrogen-bond donors (Lipinski definition) is 2. The first-order chi connectivity index (χ1) is 8.57. The zero-order valence-electron chi connectivity index (χ0n) is 10.6. The topological polar surface area (TPSA) is 41.1 Å². The highest BCUT2D eigenvalue weighted by molar-refractivity contribution is 6.30. The van der Waals surface area contributed by atoms with Crippen molar-refractivity contribution >= 4 is 23.2 Å². The minimum Gasteiger partial charge on any atom is -0.325 e. The summed E-state index contributed by atoms with van der Waals surface area (Å²) in [7, 11) is 0. The molecule has 3 nitrogen and oxygen atoms in total. The molecule has 0 unspecified atom stereocenters. The third-order valence-corrected chi connectivity index (χ3v) is 3.78. The molecule has 4 heteroatoms. The fourth-order valence-corrected chi connectivity index (χ4v) is 2.30. The molecule has 18 heavy (non-hydrogen) atoms. The highest BCUT2D eigenvalue weighted by atomic mass is 35.5. The van der Waals surface area contributed by atoms with E-state index in [0.717, 1.165) is 12.2 Å². The van der Waals surface area contributed by atoms with Crippen molar-refractivity contribution in [2.24, 2.45) is 5.41 Å². The van der Waals surface area contributed by atoms with Crippen molar-refractivity contribution in [2.45, 2.75) is 26.2 Å². The van der Waals surface area contributed by atoms with Gasteiger partial charge >= 0.3 is 0 Å². The smallest absolute Gasteiger partial charge is 0.238 e. The van der Waals surface area contributed by atoms with Crippen LogP contribution < -0.4 is 10.6 Å². The van der Waals surface area contributed by atoms with Gasteiger partial charge in [0.15, 0.2) is 0 Å². The van der Waals surface area contributed by atoms with Crippen molar-refractivity contribution in [3.05, 3.63) is 29.3 Å². The van der Waals surface area contributed by atoms with Gasteiger partial charge in [0.25, 0.3) is 0 Å². The molecule has 0 aromatic heterocycles. The molecule has 1 aliphatic carbocycles. The maximum absolute atomic E-state index is 11.7. The third-order valence-electron chi connectivity index (χ3n) is 3.53. The first kappa shape index (κ1) is 13.4. The number of halogens is 1. The highest BCUT2D eigenvalue weighted by Gasteiger charge is 2.31. The third kappa shape index (κ3) is 3.72. The molecule has 0 aliphatic heterocycles. The Labute approximate surface area is 113 Å². The molecule has 0 saturated heterocycles. The zero-order chi connectivity index (χ0) is 13.0. The van der Waals surface area contributed by atoms with Gasteiger partial charge in [0.05, 0.1) is 6.54 Å². The summed E-state index contributed by atoms with van der Waals surface area (Å²) in [6.07, 6.45) is 3.84. The molecule has 98 valence electrons. The summed E-state index contributed by atoms with van der Waals surface area (Å²) >= 11 is 5.78. The van der Waals surface area contributed by atoms with Crippen LogP contribution in [0.25, 0.3) is 0 Å². The fourth-order valence-electron chi connectivity index (χ4n) is 2.17. The van der Waals surface area contributed by atoms with Gasteiger partial charge in [0, 0.05) is 17.3 Å². The van der Waals surface area contributed by atoms with E-state index in [1.807, 2.05) is 0 Å². The van der Waals surface area contributed by atoms with E-state index in [0.29, 0.717) is 17.0 Å². The lowest BCUT2D eigenvalue weighted by Gasteiger charge is -2.38. The second kappa shape index (κ2) is 5.72. The molecule has 1 aromatic rings. The van der Waals surface area contributed by atoms with E-state index in [2.05, 4.69) is 17.6 Å². The van der Waals surface area contributed by atoms with Gasteiger partial charge in [-0.15, -0.1) is 0 Å². The van der Waals surface area contributed by atoms with Crippen LogP contribution in [0.2, 0.25) is 5.02 Å². The van der Waals surface area contributed by atoms with E-state index in [9.17, 15) is 4.79 Å². The molecule has 1 amide bonds. The fraction of sp³-hybridized carbons (Fsp3) is 0.500. The molecule has 0 atom stereocenters. The Kier molecular flexibility index (Phi) is 4.25. The second-order valence-electron chi connectivity index (χ2n) is 5.32. The van der Waals surface area contributed by atoms with Crippen molar-refractivity contribution < 1.29 is 4.79 Å². The van der Waals surface area contributed by atoms with Gasteiger partial charge in [0.2, 0.25) is 5.91 Å². The van der Waals surface area contributed by atoms with Gasteiger partial charge in [0.1, 0.15) is 0 Å². The van der Waals surface area contributed by atoms with E-state index in [4.69, 9.17) is 11.6 Å². The van der Waals surface area contributed by atoms with Crippen LogP contribution in [0.5, 0.6) is 0 Å². The molecule has 1 fully saturated rings. The van der Waals surface area contributed by atoms with Crippen molar-refractivity contribution in [3.8, 4) is 0 Å². The molecule has 1 aromatic carbocycles.